The lowest BCUT2D eigenvalue weighted by atomic mass is 9.87. The third-order valence-electron chi connectivity index (χ3n) is 6.91. The smallest absolute Gasteiger partial charge is 0.270 e. The highest BCUT2D eigenvalue weighted by Crippen LogP contribution is 2.49. The molecule has 0 saturated carbocycles. The van der Waals surface area contributed by atoms with Gasteiger partial charge in [-0.2, -0.15) is 0 Å². The first-order valence-corrected chi connectivity index (χ1v) is 11.6. The Kier molecular flexibility index (Phi) is 4.98. The number of nitro benzene ring substituents is 2. The van der Waals surface area contributed by atoms with Crippen LogP contribution >= 0.6 is 0 Å². The second-order valence-electron chi connectivity index (χ2n) is 9.20. The van der Waals surface area contributed by atoms with Crippen LogP contribution in [0.1, 0.15) is 16.7 Å². The van der Waals surface area contributed by atoms with Crippen molar-refractivity contribution in [2.24, 2.45) is 7.05 Å². The second-order valence-corrected chi connectivity index (χ2v) is 9.20. The number of aryl methyl sites for hydroxylation is 1. The number of nitro groups is 2. The molecule has 0 spiro atoms. The number of aromatic nitrogens is 1. The van der Waals surface area contributed by atoms with E-state index >= 15 is 0 Å². The minimum Gasteiger partial charge on any atom is -0.357 e. The number of fused-ring (bicyclic) bond motifs is 6. The van der Waals surface area contributed by atoms with Gasteiger partial charge in [0, 0.05) is 55.8 Å². The lowest BCUT2D eigenvalue weighted by Crippen LogP contribution is -2.25. The molecule has 3 aromatic carbocycles. The zero-order chi connectivity index (χ0) is 25.8. The number of pyridine rings is 1. The van der Waals surface area contributed by atoms with Crippen LogP contribution in [0.5, 0.6) is 0 Å². The van der Waals surface area contributed by atoms with Crippen molar-refractivity contribution in [2.75, 3.05) is 7.05 Å². The summed E-state index contributed by atoms with van der Waals surface area (Å²) in [7, 11) is 3.88. The van der Waals surface area contributed by atoms with E-state index in [0.717, 1.165) is 55.0 Å². The van der Waals surface area contributed by atoms with Gasteiger partial charge in [0.1, 0.15) is 7.05 Å². The molecule has 37 heavy (non-hydrogen) atoms. The van der Waals surface area contributed by atoms with E-state index in [1.54, 1.807) is 24.3 Å². The fourth-order valence-electron chi connectivity index (χ4n) is 5.11. The van der Waals surface area contributed by atoms with Crippen molar-refractivity contribution in [3.05, 3.63) is 134 Å². The van der Waals surface area contributed by atoms with E-state index in [4.69, 9.17) is 0 Å². The molecule has 0 fully saturated rings. The minimum atomic E-state index is -0.394. The second kappa shape index (κ2) is 8.23. The predicted molar refractivity (Wildman–Crippen MR) is 142 cm³/mol. The molecule has 0 unspecified atom stereocenters. The van der Waals surface area contributed by atoms with E-state index in [1.807, 2.05) is 72.6 Å². The van der Waals surface area contributed by atoms with Gasteiger partial charge in [-0.05, 0) is 85.3 Å². The number of rotatable bonds is 3. The first kappa shape index (κ1) is 22.4. The molecule has 2 heterocycles. The molecule has 2 aliphatic rings. The van der Waals surface area contributed by atoms with Crippen molar-refractivity contribution in [2.45, 2.75) is 0 Å². The van der Waals surface area contributed by atoms with Crippen molar-refractivity contribution in [3.63, 3.8) is 0 Å². The molecule has 180 valence electrons. The van der Waals surface area contributed by atoms with Crippen LogP contribution in [0.25, 0.3) is 32.7 Å². The largest absolute Gasteiger partial charge is 0.357 e. The van der Waals surface area contributed by atoms with Gasteiger partial charge in [0.05, 0.1) is 9.85 Å². The number of non-ortho nitro benzene ring substituents is 2. The van der Waals surface area contributed by atoms with Crippen LogP contribution in [-0.4, -0.2) is 21.8 Å². The fraction of sp³-hybridized carbons (Fsp3) is 0.0690. The molecule has 0 radical (unpaired) electrons. The molecule has 0 bridgehead atoms. The third kappa shape index (κ3) is 3.58. The number of benzene rings is 3. The predicted octanol–water partition coefficient (Wildman–Crippen LogP) is 5.81. The maximum absolute atomic E-state index is 11.7. The summed E-state index contributed by atoms with van der Waals surface area (Å²) in [6.45, 7) is 0. The molecule has 1 aromatic heterocycles. The summed E-state index contributed by atoms with van der Waals surface area (Å²) in [5.41, 5.74) is 5.40. The summed E-state index contributed by atoms with van der Waals surface area (Å²) in [4.78, 5) is 24.6. The summed E-state index contributed by atoms with van der Waals surface area (Å²) in [6, 6.07) is 13.7. The number of hydrogen-bond acceptors (Lipinski definition) is 5. The molecular weight excluding hydrogens is 468 g/mol. The first-order chi connectivity index (χ1) is 17.8. The van der Waals surface area contributed by atoms with E-state index in [2.05, 4.69) is 6.08 Å². The van der Waals surface area contributed by atoms with Gasteiger partial charge >= 0.3 is 0 Å². The molecule has 4 aromatic rings. The molecule has 0 N–H and O–H groups in total. The topological polar surface area (TPSA) is 93.4 Å². The van der Waals surface area contributed by atoms with Crippen LogP contribution in [0, 0.1) is 20.2 Å². The molecule has 8 nitrogen and oxygen atoms in total. The molecule has 6 rings (SSSR count). The minimum absolute atomic E-state index is 0.00467. The summed E-state index contributed by atoms with van der Waals surface area (Å²) >= 11 is 0. The molecule has 0 amide bonds. The first-order valence-electron chi connectivity index (χ1n) is 11.6. The Morgan fingerprint density at radius 2 is 1.30 bits per heavy atom. The highest BCUT2D eigenvalue weighted by molar-refractivity contribution is 6.23. The third-order valence-corrected chi connectivity index (χ3v) is 6.91. The van der Waals surface area contributed by atoms with Gasteiger partial charge in [0.2, 0.25) is 0 Å². The highest BCUT2D eigenvalue weighted by Gasteiger charge is 2.29. The van der Waals surface area contributed by atoms with Gasteiger partial charge in [-0.3, -0.25) is 20.2 Å². The Morgan fingerprint density at radius 3 is 1.84 bits per heavy atom. The summed E-state index contributed by atoms with van der Waals surface area (Å²) in [6.07, 6.45) is 13.9. The Labute approximate surface area is 211 Å². The van der Waals surface area contributed by atoms with Crippen LogP contribution in [0.2, 0.25) is 0 Å². The van der Waals surface area contributed by atoms with Crippen molar-refractivity contribution in [1.82, 2.24) is 4.90 Å². The molecular formula is C29H21N4O4+. The van der Waals surface area contributed by atoms with Crippen LogP contribution in [-0.2, 0) is 7.05 Å². The Hall–Kier alpha value is -5.11. The molecule has 0 atom stereocenters. The van der Waals surface area contributed by atoms with Crippen LogP contribution in [0.15, 0.2) is 97.1 Å². The molecule has 1 aliphatic carbocycles. The van der Waals surface area contributed by atoms with E-state index in [9.17, 15) is 20.2 Å². The summed E-state index contributed by atoms with van der Waals surface area (Å²) < 4.78 is 1.94. The molecule has 0 saturated heterocycles. The molecule has 1 aliphatic heterocycles. The van der Waals surface area contributed by atoms with Crippen molar-refractivity contribution >= 4 is 44.1 Å². The van der Waals surface area contributed by atoms with Crippen molar-refractivity contribution in [3.8, 4) is 0 Å². The maximum Gasteiger partial charge on any atom is 0.270 e. The van der Waals surface area contributed by atoms with Gasteiger partial charge in [0.15, 0.2) is 12.4 Å². The fourth-order valence-corrected chi connectivity index (χ4v) is 5.11. The van der Waals surface area contributed by atoms with Gasteiger partial charge < -0.3 is 4.90 Å². The van der Waals surface area contributed by atoms with E-state index in [1.165, 1.54) is 12.1 Å². The highest BCUT2D eigenvalue weighted by atomic mass is 16.6. The Bertz CT molecular complexity index is 1780. The van der Waals surface area contributed by atoms with Gasteiger partial charge in [-0.25, -0.2) is 4.57 Å². The summed E-state index contributed by atoms with van der Waals surface area (Å²) in [5.74, 6) is 0. The lowest BCUT2D eigenvalue weighted by Gasteiger charge is -2.17. The lowest BCUT2D eigenvalue weighted by molar-refractivity contribution is -0.671. The van der Waals surface area contributed by atoms with E-state index in [0.29, 0.717) is 0 Å². The van der Waals surface area contributed by atoms with Crippen LogP contribution in [0.4, 0.5) is 11.4 Å². The average molecular weight is 490 g/mol. The average Bonchev–Trinajstić information content (AvgIpc) is 3.30. The van der Waals surface area contributed by atoms with Gasteiger partial charge in [0.25, 0.3) is 11.4 Å². The maximum atomic E-state index is 11.7. The van der Waals surface area contributed by atoms with E-state index in [-0.39, 0.29) is 11.4 Å². The number of hydrogen-bond donors (Lipinski definition) is 0. The zero-order valence-electron chi connectivity index (χ0n) is 20.1. The quantitative estimate of drug-likeness (QED) is 0.157. The monoisotopic (exact) mass is 489 g/mol. The normalized spacial score (nSPS) is 14.4. The molecule has 8 heteroatoms. The number of nitrogens with zero attached hydrogens (tertiary/aromatic N) is 4. The van der Waals surface area contributed by atoms with Crippen LogP contribution in [0.3, 0.4) is 0 Å². The van der Waals surface area contributed by atoms with Gasteiger partial charge in [-0.1, -0.05) is 0 Å². The van der Waals surface area contributed by atoms with Gasteiger partial charge in [-0.15, -0.1) is 0 Å². The van der Waals surface area contributed by atoms with E-state index < -0.39 is 9.85 Å². The SMILES string of the molecule is CN1C=CC(=C2C=C(c3cc[n+](C)cc3)c3c2c2cc([N+](=O)[O-])ccc2c2ccc([N+](=O)[O-])cc32)C=C1. The zero-order valence-corrected chi connectivity index (χ0v) is 20.1. The summed E-state index contributed by atoms with van der Waals surface area (Å²) in [5, 5.41) is 26.6. The van der Waals surface area contributed by atoms with Crippen molar-refractivity contribution in [1.29, 1.82) is 0 Å². The number of allylic oxidation sites excluding steroid dienone is 5. The Morgan fingerprint density at radius 1 is 0.757 bits per heavy atom. The standard InChI is InChI=1S/C29H21N4O4/c1-30-11-7-18(8-12-30)24-17-25(19-9-13-31(2)14-10-19)29-27-16-21(33(36)37)4-6-23(27)22-5-3-20(32(34)35)15-26(22)28(24)29/h3-17H,1-2H3/q+1. The van der Waals surface area contributed by atoms with Crippen LogP contribution < -0.4 is 4.57 Å². The van der Waals surface area contributed by atoms with Crippen molar-refractivity contribution < 1.29 is 14.4 Å². The Balaban J connectivity index is 1.81.